The van der Waals surface area contributed by atoms with E-state index in [9.17, 15) is 0 Å². The van der Waals surface area contributed by atoms with Crippen LogP contribution in [-0.4, -0.2) is 19.2 Å². The summed E-state index contributed by atoms with van der Waals surface area (Å²) < 4.78 is 5.97. The van der Waals surface area contributed by atoms with E-state index in [1.165, 1.54) is 12.0 Å². The summed E-state index contributed by atoms with van der Waals surface area (Å²) in [6, 6.07) is 8.99. The number of para-hydroxylation sites is 1. The minimum absolute atomic E-state index is 0.381. The number of benzene rings is 1. The Labute approximate surface area is 104 Å². The first-order chi connectivity index (χ1) is 8.19. The molecule has 3 unspecified atom stereocenters. The van der Waals surface area contributed by atoms with E-state index in [4.69, 9.17) is 4.74 Å². The molecule has 1 aromatic rings. The van der Waals surface area contributed by atoms with Crippen LogP contribution in [0.5, 0.6) is 5.75 Å². The highest BCUT2D eigenvalue weighted by Gasteiger charge is 2.24. The van der Waals surface area contributed by atoms with Crippen LogP contribution in [0.25, 0.3) is 0 Å². The van der Waals surface area contributed by atoms with Gasteiger partial charge in [0.1, 0.15) is 11.9 Å². The first-order valence-corrected chi connectivity index (χ1v) is 6.61. The molecule has 2 rings (SSSR count). The molecule has 2 nitrogen and oxygen atoms in total. The van der Waals surface area contributed by atoms with Crippen molar-refractivity contribution in [2.45, 2.75) is 45.3 Å². The van der Waals surface area contributed by atoms with Gasteiger partial charge < -0.3 is 10.1 Å². The maximum atomic E-state index is 5.97. The van der Waals surface area contributed by atoms with Gasteiger partial charge in [0.25, 0.3) is 0 Å². The van der Waals surface area contributed by atoms with Crippen molar-refractivity contribution in [1.82, 2.24) is 5.32 Å². The molecule has 0 spiro atoms. The lowest BCUT2D eigenvalue weighted by molar-refractivity contribution is 0.191. The van der Waals surface area contributed by atoms with Gasteiger partial charge in [0.2, 0.25) is 0 Å². The monoisotopic (exact) mass is 233 g/mol. The lowest BCUT2D eigenvalue weighted by Crippen LogP contribution is -2.26. The van der Waals surface area contributed by atoms with Crippen LogP contribution in [-0.2, 0) is 6.42 Å². The molecular weight excluding hydrogens is 210 g/mol. The van der Waals surface area contributed by atoms with Crippen LogP contribution in [0.2, 0.25) is 0 Å². The zero-order valence-corrected chi connectivity index (χ0v) is 11.1. The van der Waals surface area contributed by atoms with Gasteiger partial charge in [-0.1, -0.05) is 25.1 Å². The lowest BCUT2D eigenvalue weighted by atomic mass is 9.94. The average Bonchev–Trinajstić information content (AvgIpc) is 2.70. The number of hydrogen-bond donors (Lipinski definition) is 1. The zero-order chi connectivity index (χ0) is 12.3. The Bertz CT molecular complexity index is 339. The number of hydrogen-bond acceptors (Lipinski definition) is 2. The molecule has 3 atom stereocenters. The highest BCUT2D eigenvalue weighted by molar-refractivity contribution is 5.37. The van der Waals surface area contributed by atoms with Gasteiger partial charge in [-0.2, -0.15) is 0 Å². The third-order valence-electron chi connectivity index (χ3n) is 3.63. The molecule has 1 aromatic carbocycles. The van der Waals surface area contributed by atoms with Gasteiger partial charge in [-0.25, -0.2) is 0 Å². The molecule has 0 aromatic heterocycles. The van der Waals surface area contributed by atoms with Crippen LogP contribution in [0.1, 0.15) is 32.3 Å². The lowest BCUT2D eigenvalue weighted by Gasteiger charge is -2.19. The van der Waals surface area contributed by atoms with E-state index < -0.39 is 0 Å². The van der Waals surface area contributed by atoms with Crippen molar-refractivity contribution in [2.24, 2.45) is 5.92 Å². The molecule has 0 amide bonds. The summed E-state index contributed by atoms with van der Waals surface area (Å²) in [4.78, 5) is 0. The molecule has 0 bridgehead atoms. The summed E-state index contributed by atoms with van der Waals surface area (Å²) in [5, 5.41) is 3.30. The van der Waals surface area contributed by atoms with Gasteiger partial charge in [0, 0.05) is 12.5 Å². The van der Waals surface area contributed by atoms with Crippen molar-refractivity contribution < 1.29 is 4.74 Å². The molecule has 0 saturated heterocycles. The summed E-state index contributed by atoms with van der Waals surface area (Å²) in [6.45, 7) is 4.56. The third-order valence-corrected chi connectivity index (χ3v) is 3.63. The van der Waals surface area contributed by atoms with E-state index in [1.807, 2.05) is 13.1 Å². The third kappa shape index (κ3) is 3.22. The quantitative estimate of drug-likeness (QED) is 0.844. The molecule has 1 aliphatic heterocycles. The molecule has 17 heavy (non-hydrogen) atoms. The molecule has 1 aliphatic rings. The maximum absolute atomic E-state index is 5.97. The summed E-state index contributed by atoms with van der Waals surface area (Å²) in [5.74, 6) is 1.79. The van der Waals surface area contributed by atoms with E-state index >= 15 is 0 Å². The molecule has 0 radical (unpaired) electrons. The van der Waals surface area contributed by atoms with Crippen LogP contribution in [0, 0.1) is 5.92 Å². The second-order valence-corrected chi connectivity index (χ2v) is 5.32. The fourth-order valence-corrected chi connectivity index (χ4v) is 2.65. The van der Waals surface area contributed by atoms with Crippen LogP contribution in [0.15, 0.2) is 24.3 Å². The van der Waals surface area contributed by atoms with E-state index in [1.54, 1.807) is 0 Å². The number of fused-ring (bicyclic) bond motifs is 1. The number of ether oxygens (including phenoxy) is 1. The Morgan fingerprint density at radius 3 is 2.82 bits per heavy atom. The summed E-state index contributed by atoms with van der Waals surface area (Å²) in [6.07, 6.45) is 3.83. The molecule has 0 fully saturated rings. The van der Waals surface area contributed by atoms with E-state index in [2.05, 4.69) is 37.4 Å². The van der Waals surface area contributed by atoms with Gasteiger partial charge in [-0.3, -0.25) is 0 Å². The molecule has 0 saturated carbocycles. The minimum Gasteiger partial charge on any atom is -0.490 e. The normalized spacial score (nSPS) is 21.7. The molecule has 2 heteroatoms. The minimum atomic E-state index is 0.381. The topological polar surface area (TPSA) is 21.3 Å². The molecule has 94 valence electrons. The first-order valence-electron chi connectivity index (χ1n) is 6.61. The molecular formula is C15H23NO. The van der Waals surface area contributed by atoms with Crippen molar-refractivity contribution >= 4 is 0 Å². The molecule has 1 N–H and O–H groups in total. The van der Waals surface area contributed by atoms with Crippen LogP contribution in [0.4, 0.5) is 0 Å². The second kappa shape index (κ2) is 5.54. The number of nitrogens with one attached hydrogen (secondary N) is 1. The van der Waals surface area contributed by atoms with Gasteiger partial charge in [0.15, 0.2) is 0 Å². The Balaban J connectivity index is 1.83. The van der Waals surface area contributed by atoms with Gasteiger partial charge in [-0.15, -0.1) is 0 Å². The van der Waals surface area contributed by atoms with E-state index in [-0.39, 0.29) is 0 Å². The fourth-order valence-electron chi connectivity index (χ4n) is 2.65. The number of rotatable bonds is 5. The first kappa shape index (κ1) is 12.4. The summed E-state index contributed by atoms with van der Waals surface area (Å²) in [5.41, 5.74) is 1.37. The van der Waals surface area contributed by atoms with Gasteiger partial charge >= 0.3 is 0 Å². The maximum Gasteiger partial charge on any atom is 0.123 e. The fraction of sp³-hybridized carbons (Fsp3) is 0.600. The van der Waals surface area contributed by atoms with Crippen molar-refractivity contribution in [3.05, 3.63) is 29.8 Å². The highest BCUT2D eigenvalue weighted by Crippen LogP contribution is 2.31. The van der Waals surface area contributed by atoms with Gasteiger partial charge in [-0.05, 0) is 44.4 Å². The predicted octanol–water partition coefficient (Wildman–Crippen LogP) is 3.01. The largest absolute Gasteiger partial charge is 0.490 e. The Kier molecular flexibility index (Phi) is 4.06. The van der Waals surface area contributed by atoms with E-state index in [0.717, 1.165) is 18.6 Å². The Morgan fingerprint density at radius 2 is 2.12 bits per heavy atom. The second-order valence-electron chi connectivity index (χ2n) is 5.32. The van der Waals surface area contributed by atoms with Crippen molar-refractivity contribution in [1.29, 1.82) is 0 Å². The van der Waals surface area contributed by atoms with Gasteiger partial charge in [0.05, 0.1) is 0 Å². The highest BCUT2D eigenvalue weighted by atomic mass is 16.5. The Morgan fingerprint density at radius 1 is 1.35 bits per heavy atom. The van der Waals surface area contributed by atoms with Crippen LogP contribution < -0.4 is 10.1 Å². The SMILES string of the molecule is CNC(C)CC(C)CC1Cc2ccccc2O1. The van der Waals surface area contributed by atoms with Crippen LogP contribution >= 0.6 is 0 Å². The summed E-state index contributed by atoms with van der Waals surface area (Å²) in [7, 11) is 2.03. The van der Waals surface area contributed by atoms with Crippen molar-refractivity contribution in [3.63, 3.8) is 0 Å². The van der Waals surface area contributed by atoms with Crippen LogP contribution in [0.3, 0.4) is 0 Å². The standard InChI is InChI=1S/C15H23NO/c1-11(8-12(2)16-3)9-14-10-13-6-4-5-7-15(13)17-14/h4-7,11-12,14,16H,8-10H2,1-3H3. The van der Waals surface area contributed by atoms with Crippen molar-refractivity contribution in [3.8, 4) is 5.75 Å². The van der Waals surface area contributed by atoms with E-state index in [0.29, 0.717) is 18.1 Å². The average molecular weight is 233 g/mol. The zero-order valence-electron chi connectivity index (χ0n) is 11.1. The van der Waals surface area contributed by atoms with Crippen molar-refractivity contribution in [2.75, 3.05) is 7.05 Å². The smallest absolute Gasteiger partial charge is 0.123 e. The predicted molar refractivity (Wildman–Crippen MR) is 71.5 cm³/mol. The molecule has 1 heterocycles. The summed E-state index contributed by atoms with van der Waals surface area (Å²) >= 11 is 0. The molecule has 0 aliphatic carbocycles. The Hall–Kier alpha value is -1.02.